The first kappa shape index (κ1) is 18.3. The zero-order chi connectivity index (χ0) is 18.5. The van der Waals surface area contributed by atoms with Gasteiger partial charge in [-0.15, -0.1) is 0 Å². The summed E-state index contributed by atoms with van der Waals surface area (Å²) in [5.41, 5.74) is 0.745. The molecule has 4 aliphatic rings. The molecule has 2 nitrogen and oxygen atoms in total. The molecule has 0 aromatic carbocycles. The molecule has 0 saturated heterocycles. The van der Waals surface area contributed by atoms with Gasteiger partial charge in [0.15, 0.2) is 0 Å². The van der Waals surface area contributed by atoms with E-state index in [2.05, 4.69) is 45.1 Å². The number of carbonyl (C=O) groups is 1. The number of allylic oxidation sites excluding steroid dienone is 4. The fraction of sp³-hybridized carbons (Fsp3) is 0.792. The molecular formula is C24H36O2. The fourth-order valence-corrected chi connectivity index (χ4v) is 7.69. The van der Waals surface area contributed by atoms with Crippen molar-refractivity contribution in [3.05, 3.63) is 24.3 Å². The average Bonchev–Trinajstić information content (AvgIpc) is 2.96. The summed E-state index contributed by atoms with van der Waals surface area (Å²) >= 11 is 0. The minimum Gasteiger partial charge on any atom is -0.481 e. The molecule has 0 bridgehead atoms. The van der Waals surface area contributed by atoms with Crippen LogP contribution in [-0.2, 0) is 4.79 Å². The average molecular weight is 357 g/mol. The van der Waals surface area contributed by atoms with Gasteiger partial charge in [0.05, 0.1) is 0 Å². The van der Waals surface area contributed by atoms with Gasteiger partial charge in [-0.05, 0) is 91.3 Å². The number of carboxylic acids is 1. The Bertz CT molecular complexity index is 620. The second-order valence-electron chi connectivity index (χ2n) is 10.3. The van der Waals surface area contributed by atoms with E-state index in [0.29, 0.717) is 23.7 Å². The molecule has 0 heterocycles. The molecule has 4 aliphatic carbocycles. The lowest BCUT2D eigenvalue weighted by molar-refractivity contribution is -0.137. The normalized spacial score (nSPS) is 47.7. The third-order valence-electron chi connectivity index (χ3n) is 9.17. The third kappa shape index (κ3) is 2.70. The van der Waals surface area contributed by atoms with Crippen molar-refractivity contribution in [2.45, 2.75) is 72.1 Å². The predicted molar refractivity (Wildman–Crippen MR) is 106 cm³/mol. The van der Waals surface area contributed by atoms with E-state index in [4.69, 9.17) is 5.11 Å². The predicted octanol–water partition coefficient (Wildman–Crippen LogP) is 6.09. The van der Waals surface area contributed by atoms with Crippen LogP contribution in [0.4, 0.5) is 0 Å². The Kier molecular flexibility index (Phi) is 4.60. The van der Waals surface area contributed by atoms with Gasteiger partial charge in [0.1, 0.15) is 0 Å². The maximum absolute atomic E-state index is 11.0. The molecule has 0 aromatic rings. The van der Waals surface area contributed by atoms with E-state index in [1.54, 1.807) is 0 Å². The van der Waals surface area contributed by atoms with Crippen LogP contribution in [0.5, 0.6) is 0 Å². The Labute approximate surface area is 159 Å². The second kappa shape index (κ2) is 6.53. The Hall–Kier alpha value is -1.05. The van der Waals surface area contributed by atoms with E-state index in [1.165, 1.54) is 38.5 Å². The summed E-state index contributed by atoms with van der Waals surface area (Å²) in [6.45, 7) is 7.35. The van der Waals surface area contributed by atoms with Crippen molar-refractivity contribution in [3.63, 3.8) is 0 Å². The Morgan fingerprint density at radius 2 is 2.00 bits per heavy atom. The van der Waals surface area contributed by atoms with Crippen LogP contribution in [0.2, 0.25) is 0 Å². The van der Waals surface area contributed by atoms with Crippen LogP contribution in [0.1, 0.15) is 72.1 Å². The van der Waals surface area contributed by atoms with Crippen LogP contribution in [0.3, 0.4) is 0 Å². The van der Waals surface area contributed by atoms with Gasteiger partial charge in [-0.1, -0.05) is 45.1 Å². The summed E-state index contributed by atoms with van der Waals surface area (Å²) in [7, 11) is 0. The first-order chi connectivity index (χ1) is 12.4. The maximum Gasteiger partial charge on any atom is 0.303 e. The molecule has 0 aromatic heterocycles. The van der Waals surface area contributed by atoms with E-state index in [9.17, 15) is 4.79 Å². The fourth-order valence-electron chi connectivity index (χ4n) is 7.69. The van der Waals surface area contributed by atoms with Gasteiger partial charge in [-0.2, -0.15) is 0 Å². The molecule has 0 spiro atoms. The molecule has 2 heteroatoms. The van der Waals surface area contributed by atoms with Gasteiger partial charge in [0.2, 0.25) is 0 Å². The lowest BCUT2D eigenvalue weighted by Gasteiger charge is -2.57. The van der Waals surface area contributed by atoms with E-state index in [-0.39, 0.29) is 5.41 Å². The zero-order valence-electron chi connectivity index (χ0n) is 16.8. The molecule has 26 heavy (non-hydrogen) atoms. The number of aliphatic carboxylic acids is 1. The number of rotatable bonds is 4. The zero-order valence-corrected chi connectivity index (χ0v) is 16.8. The largest absolute Gasteiger partial charge is 0.481 e. The molecule has 8 unspecified atom stereocenters. The molecule has 0 aliphatic heterocycles. The van der Waals surface area contributed by atoms with Crippen molar-refractivity contribution in [2.24, 2.45) is 46.3 Å². The van der Waals surface area contributed by atoms with Crippen molar-refractivity contribution >= 4 is 5.97 Å². The first-order valence-electron chi connectivity index (χ1n) is 10.9. The molecule has 4 rings (SSSR count). The number of hydrogen-bond acceptors (Lipinski definition) is 1. The van der Waals surface area contributed by atoms with Crippen molar-refractivity contribution in [3.8, 4) is 0 Å². The summed E-state index contributed by atoms with van der Waals surface area (Å²) in [5.74, 6) is 3.68. The van der Waals surface area contributed by atoms with E-state index in [0.717, 1.165) is 30.1 Å². The van der Waals surface area contributed by atoms with Gasteiger partial charge < -0.3 is 5.11 Å². The second-order valence-corrected chi connectivity index (χ2v) is 10.3. The minimum atomic E-state index is -0.646. The highest BCUT2D eigenvalue weighted by molar-refractivity contribution is 5.66. The Morgan fingerprint density at radius 3 is 2.77 bits per heavy atom. The standard InChI is InChI=1S/C24H36O2/c1-16(7-12-22(25)26)19-10-11-20-18-9-8-17-6-4-5-14-23(17,2)21(18)13-15-24(19,20)3/h4,6,13,15-21H,5,7-12,14H2,1-3H3,(H,25,26). The Balaban J connectivity index is 1.58. The topological polar surface area (TPSA) is 37.3 Å². The molecule has 144 valence electrons. The van der Waals surface area contributed by atoms with Gasteiger partial charge in [0.25, 0.3) is 0 Å². The van der Waals surface area contributed by atoms with Gasteiger partial charge in [0, 0.05) is 6.42 Å². The van der Waals surface area contributed by atoms with Crippen LogP contribution in [0.25, 0.3) is 0 Å². The highest BCUT2D eigenvalue weighted by atomic mass is 16.4. The summed E-state index contributed by atoms with van der Waals surface area (Å²) in [4.78, 5) is 11.0. The highest BCUT2D eigenvalue weighted by Gasteiger charge is 2.57. The van der Waals surface area contributed by atoms with Crippen molar-refractivity contribution in [1.82, 2.24) is 0 Å². The van der Waals surface area contributed by atoms with Crippen LogP contribution < -0.4 is 0 Å². The highest BCUT2D eigenvalue weighted by Crippen LogP contribution is 2.65. The van der Waals surface area contributed by atoms with Crippen LogP contribution >= 0.6 is 0 Å². The number of carboxylic acid groups (broad SMARTS) is 1. The van der Waals surface area contributed by atoms with Crippen LogP contribution in [0.15, 0.2) is 24.3 Å². The monoisotopic (exact) mass is 356 g/mol. The summed E-state index contributed by atoms with van der Waals surface area (Å²) in [5, 5.41) is 9.08. The van der Waals surface area contributed by atoms with Crippen molar-refractivity contribution < 1.29 is 9.90 Å². The molecular weight excluding hydrogens is 320 g/mol. The molecule has 0 radical (unpaired) electrons. The lowest BCUT2D eigenvalue weighted by atomic mass is 9.47. The molecule has 2 saturated carbocycles. The van der Waals surface area contributed by atoms with E-state index < -0.39 is 5.97 Å². The van der Waals surface area contributed by atoms with Crippen LogP contribution in [0, 0.1) is 46.3 Å². The van der Waals surface area contributed by atoms with Crippen LogP contribution in [-0.4, -0.2) is 11.1 Å². The lowest BCUT2D eigenvalue weighted by Crippen LogP contribution is -2.50. The maximum atomic E-state index is 11.0. The molecule has 1 N–H and O–H groups in total. The minimum absolute atomic E-state index is 0.285. The summed E-state index contributed by atoms with van der Waals surface area (Å²) in [6.07, 6.45) is 19.3. The smallest absolute Gasteiger partial charge is 0.303 e. The molecule has 8 atom stereocenters. The SMILES string of the molecule is CC(CCC(=O)O)C1CCC2C3CCC4C=CCCC4(C)C3C=CC12C. The third-order valence-corrected chi connectivity index (χ3v) is 9.17. The van der Waals surface area contributed by atoms with Gasteiger partial charge >= 0.3 is 5.97 Å². The molecule has 2 fully saturated rings. The molecule has 0 amide bonds. The quantitative estimate of drug-likeness (QED) is 0.619. The van der Waals surface area contributed by atoms with E-state index in [1.807, 2.05) is 0 Å². The van der Waals surface area contributed by atoms with Gasteiger partial charge in [-0.3, -0.25) is 4.79 Å². The number of hydrogen-bond donors (Lipinski definition) is 1. The number of fused-ring (bicyclic) bond motifs is 5. The summed E-state index contributed by atoms with van der Waals surface area (Å²) < 4.78 is 0. The van der Waals surface area contributed by atoms with Crippen molar-refractivity contribution in [1.29, 1.82) is 0 Å². The van der Waals surface area contributed by atoms with Gasteiger partial charge in [-0.25, -0.2) is 0 Å². The summed E-state index contributed by atoms with van der Waals surface area (Å²) in [6, 6.07) is 0. The Morgan fingerprint density at radius 1 is 1.19 bits per heavy atom. The van der Waals surface area contributed by atoms with E-state index >= 15 is 0 Å². The first-order valence-corrected chi connectivity index (χ1v) is 10.9. The van der Waals surface area contributed by atoms with Crippen molar-refractivity contribution in [2.75, 3.05) is 0 Å².